The van der Waals surface area contributed by atoms with Crippen LogP contribution in [0, 0.1) is 5.92 Å². The molecule has 0 aliphatic carbocycles. The Morgan fingerprint density at radius 1 is 1.24 bits per heavy atom. The van der Waals surface area contributed by atoms with Crippen LogP contribution in [0.25, 0.3) is 0 Å². The third-order valence-corrected chi connectivity index (χ3v) is 3.24. The third kappa shape index (κ3) is 6.91. The van der Waals surface area contributed by atoms with E-state index in [2.05, 4.69) is 30.2 Å². The largest absolute Gasteiger partial charge is 0.489 e. The van der Waals surface area contributed by atoms with Gasteiger partial charge in [-0.25, -0.2) is 0 Å². The van der Waals surface area contributed by atoms with Crippen molar-refractivity contribution in [3.05, 3.63) is 24.0 Å². The standard InChI is InChI=1S/C17H30N2O2/c1-6-7-19-17(8-14(4)12-20-5)15-9-16(11-18-10-15)21-13(2)3/h9-11,13-14,17,19H,6-8,12H2,1-5H3. The highest BCUT2D eigenvalue weighted by Gasteiger charge is 2.16. The fourth-order valence-electron chi connectivity index (χ4n) is 2.37. The lowest BCUT2D eigenvalue weighted by Gasteiger charge is -2.23. The molecule has 0 aliphatic rings. The summed E-state index contributed by atoms with van der Waals surface area (Å²) in [5, 5.41) is 3.60. The van der Waals surface area contributed by atoms with Gasteiger partial charge in [0.2, 0.25) is 0 Å². The summed E-state index contributed by atoms with van der Waals surface area (Å²) in [4.78, 5) is 4.32. The van der Waals surface area contributed by atoms with Gasteiger partial charge in [0.05, 0.1) is 12.3 Å². The highest BCUT2D eigenvalue weighted by atomic mass is 16.5. The molecule has 120 valence electrons. The topological polar surface area (TPSA) is 43.4 Å². The summed E-state index contributed by atoms with van der Waals surface area (Å²) in [7, 11) is 1.75. The van der Waals surface area contributed by atoms with Gasteiger partial charge in [-0.3, -0.25) is 4.98 Å². The van der Waals surface area contributed by atoms with Crippen molar-refractivity contribution in [3.63, 3.8) is 0 Å². The first-order chi connectivity index (χ1) is 10.1. The van der Waals surface area contributed by atoms with E-state index < -0.39 is 0 Å². The quantitative estimate of drug-likeness (QED) is 0.716. The molecule has 0 bridgehead atoms. The van der Waals surface area contributed by atoms with Crippen molar-refractivity contribution in [2.75, 3.05) is 20.3 Å². The van der Waals surface area contributed by atoms with Gasteiger partial charge >= 0.3 is 0 Å². The molecule has 0 spiro atoms. The van der Waals surface area contributed by atoms with Gasteiger partial charge in [0.1, 0.15) is 5.75 Å². The predicted molar refractivity (Wildman–Crippen MR) is 86.7 cm³/mol. The van der Waals surface area contributed by atoms with Gasteiger partial charge in [-0.2, -0.15) is 0 Å². The third-order valence-electron chi connectivity index (χ3n) is 3.24. The van der Waals surface area contributed by atoms with E-state index in [9.17, 15) is 0 Å². The zero-order valence-electron chi connectivity index (χ0n) is 14.1. The summed E-state index contributed by atoms with van der Waals surface area (Å²) >= 11 is 0. The van der Waals surface area contributed by atoms with E-state index in [1.807, 2.05) is 20.0 Å². The van der Waals surface area contributed by atoms with Crippen LogP contribution in [-0.2, 0) is 4.74 Å². The Balaban J connectivity index is 2.80. The monoisotopic (exact) mass is 294 g/mol. The Kier molecular flexibility index (Phi) is 8.31. The van der Waals surface area contributed by atoms with Crippen molar-refractivity contribution in [2.45, 2.75) is 52.7 Å². The first-order valence-electron chi connectivity index (χ1n) is 7.90. The molecule has 2 unspecified atom stereocenters. The second-order valence-electron chi connectivity index (χ2n) is 5.92. The van der Waals surface area contributed by atoms with Gasteiger partial charge in [0.15, 0.2) is 0 Å². The summed E-state index contributed by atoms with van der Waals surface area (Å²) in [5.74, 6) is 1.34. The summed E-state index contributed by atoms with van der Waals surface area (Å²) in [6, 6.07) is 2.39. The molecule has 21 heavy (non-hydrogen) atoms. The van der Waals surface area contributed by atoms with Gasteiger partial charge in [0, 0.05) is 26.0 Å². The molecule has 1 aromatic rings. The highest BCUT2D eigenvalue weighted by molar-refractivity contribution is 5.26. The molecule has 4 nitrogen and oxygen atoms in total. The molecule has 4 heteroatoms. The van der Waals surface area contributed by atoms with Crippen LogP contribution in [0.2, 0.25) is 0 Å². The zero-order valence-corrected chi connectivity index (χ0v) is 14.1. The first kappa shape index (κ1) is 17.9. The molecule has 1 heterocycles. The Hall–Kier alpha value is -1.13. The van der Waals surface area contributed by atoms with Crippen LogP contribution in [0.4, 0.5) is 0 Å². The summed E-state index contributed by atoms with van der Waals surface area (Å²) in [5.41, 5.74) is 1.18. The predicted octanol–water partition coefficient (Wildman–Crippen LogP) is 3.58. The number of nitrogens with zero attached hydrogens (tertiary/aromatic N) is 1. The molecule has 0 saturated heterocycles. The van der Waals surface area contributed by atoms with Crippen LogP contribution in [0.3, 0.4) is 0 Å². The Morgan fingerprint density at radius 3 is 2.62 bits per heavy atom. The molecule has 1 rings (SSSR count). The lowest BCUT2D eigenvalue weighted by molar-refractivity contribution is 0.149. The van der Waals surface area contributed by atoms with Gasteiger partial charge < -0.3 is 14.8 Å². The average molecular weight is 294 g/mol. The molecule has 0 saturated carbocycles. The van der Waals surface area contributed by atoms with Crippen LogP contribution in [0.5, 0.6) is 5.75 Å². The molecule has 1 aromatic heterocycles. The van der Waals surface area contributed by atoms with E-state index >= 15 is 0 Å². The van der Waals surface area contributed by atoms with Crippen LogP contribution in [0.15, 0.2) is 18.5 Å². The minimum atomic E-state index is 0.163. The summed E-state index contributed by atoms with van der Waals surface area (Å²) in [6.07, 6.45) is 6.02. The van der Waals surface area contributed by atoms with Gasteiger partial charge in [-0.05, 0) is 50.8 Å². The Bertz CT molecular complexity index is 396. The number of hydrogen-bond acceptors (Lipinski definition) is 4. The van der Waals surface area contributed by atoms with Crippen molar-refractivity contribution in [3.8, 4) is 5.75 Å². The number of hydrogen-bond donors (Lipinski definition) is 1. The van der Waals surface area contributed by atoms with Crippen LogP contribution < -0.4 is 10.1 Å². The number of rotatable bonds is 10. The van der Waals surface area contributed by atoms with Crippen molar-refractivity contribution < 1.29 is 9.47 Å². The molecule has 0 radical (unpaired) electrons. The van der Waals surface area contributed by atoms with Gasteiger partial charge in [-0.15, -0.1) is 0 Å². The highest BCUT2D eigenvalue weighted by Crippen LogP contribution is 2.24. The minimum Gasteiger partial charge on any atom is -0.489 e. The molecule has 0 amide bonds. The number of nitrogens with one attached hydrogen (secondary N) is 1. The normalized spacial score (nSPS) is 14.2. The fraction of sp³-hybridized carbons (Fsp3) is 0.706. The first-order valence-corrected chi connectivity index (χ1v) is 7.90. The molecular weight excluding hydrogens is 264 g/mol. The van der Waals surface area contributed by atoms with Crippen LogP contribution >= 0.6 is 0 Å². The Morgan fingerprint density at radius 2 is 2.00 bits per heavy atom. The van der Waals surface area contributed by atoms with E-state index in [4.69, 9.17) is 9.47 Å². The molecular formula is C17H30N2O2. The van der Waals surface area contributed by atoms with Crippen molar-refractivity contribution in [1.29, 1.82) is 0 Å². The van der Waals surface area contributed by atoms with E-state index in [-0.39, 0.29) is 6.10 Å². The Labute approximate surface area is 129 Å². The molecule has 0 aliphatic heterocycles. The summed E-state index contributed by atoms with van der Waals surface area (Å²) < 4.78 is 11.0. The smallest absolute Gasteiger partial charge is 0.138 e. The molecule has 0 fully saturated rings. The maximum atomic E-state index is 5.75. The van der Waals surface area contributed by atoms with Gasteiger partial charge in [-0.1, -0.05) is 13.8 Å². The van der Waals surface area contributed by atoms with E-state index in [1.54, 1.807) is 13.3 Å². The minimum absolute atomic E-state index is 0.163. The second kappa shape index (κ2) is 9.74. The van der Waals surface area contributed by atoms with Crippen molar-refractivity contribution >= 4 is 0 Å². The maximum absolute atomic E-state index is 5.75. The van der Waals surface area contributed by atoms with E-state index in [1.165, 1.54) is 5.56 Å². The summed E-state index contributed by atoms with van der Waals surface area (Å²) in [6.45, 7) is 10.2. The average Bonchev–Trinajstić information content (AvgIpc) is 2.43. The number of ether oxygens (including phenoxy) is 2. The molecule has 2 atom stereocenters. The molecule has 0 aromatic carbocycles. The van der Waals surface area contributed by atoms with E-state index in [0.29, 0.717) is 12.0 Å². The van der Waals surface area contributed by atoms with Gasteiger partial charge in [0.25, 0.3) is 0 Å². The number of pyridine rings is 1. The lowest BCUT2D eigenvalue weighted by Crippen LogP contribution is -2.25. The van der Waals surface area contributed by atoms with Crippen LogP contribution in [-0.4, -0.2) is 31.3 Å². The SMILES string of the molecule is CCCNC(CC(C)COC)c1cncc(OC(C)C)c1. The van der Waals surface area contributed by atoms with Crippen molar-refractivity contribution in [1.82, 2.24) is 10.3 Å². The van der Waals surface area contributed by atoms with Crippen molar-refractivity contribution in [2.24, 2.45) is 5.92 Å². The second-order valence-corrected chi connectivity index (χ2v) is 5.92. The van der Waals surface area contributed by atoms with E-state index in [0.717, 1.165) is 31.7 Å². The number of methoxy groups -OCH3 is 1. The fourth-order valence-corrected chi connectivity index (χ4v) is 2.37. The van der Waals surface area contributed by atoms with Crippen LogP contribution in [0.1, 0.15) is 52.1 Å². The lowest BCUT2D eigenvalue weighted by atomic mass is 9.97. The zero-order chi connectivity index (χ0) is 15.7. The maximum Gasteiger partial charge on any atom is 0.138 e. The number of aromatic nitrogens is 1. The molecule has 1 N–H and O–H groups in total.